The van der Waals surface area contributed by atoms with Gasteiger partial charge in [-0.1, -0.05) is 205 Å². The first-order valence-electron chi connectivity index (χ1n) is 26.7. The highest BCUT2D eigenvalue weighted by atomic mass is 15.2. The molecule has 0 amide bonds. The zero-order valence-corrected chi connectivity index (χ0v) is 44.4. The fraction of sp³-hybridized carbons (Fsp3) is 0.155. The highest BCUT2D eigenvalue weighted by Crippen LogP contribution is 2.60. The smallest absolute Gasteiger partial charge is 0.333 e. The van der Waals surface area contributed by atoms with Crippen LogP contribution in [0.2, 0.25) is 0 Å². The van der Waals surface area contributed by atoms with Crippen LogP contribution in [0.15, 0.2) is 231 Å². The number of benzene rings is 10. The molecule has 0 radical (unpaired) electrons. The van der Waals surface area contributed by atoms with Crippen molar-refractivity contribution in [2.45, 2.75) is 71.6 Å². The SMILES string of the molecule is Cc1cccc(C)c1-c1cc2c3c(c1)N1c4ccccc4C(c4ccccc4)(c4ccccc4)c4cccc(c41)B3N(c1ccccc1)c1cc(N(c3ccc(C(C)(C)C)cc3)c3ccc(C(C)(C)C)cc3)ccc1-2. The number of hydrogen-bond acceptors (Lipinski definition) is 3. The zero-order chi connectivity index (χ0) is 51.4. The van der Waals surface area contributed by atoms with Crippen LogP contribution in [0.3, 0.4) is 0 Å². The van der Waals surface area contributed by atoms with Crippen LogP contribution in [0.25, 0.3) is 22.3 Å². The van der Waals surface area contributed by atoms with E-state index < -0.39 is 5.41 Å². The molecule has 75 heavy (non-hydrogen) atoms. The maximum atomic E-state index is 2.66. The molecule has 0 spiro atoms. The zero-order valence-electron chi connectivity index (χ0n) is 44.4. The van der Waals surface area contributed by atoms with Gasteiger partial charge < -0.3 is 14.6 Å². The normalized spacial score (nSPS) is 13.9. The van der Waals surface area contributed by atoms with Crippen LogP contribution in [-0.4, -0.2) is 6.85 Å². The fourth-order valence-electron chi connectivity index (χ4n) is 12.9. The molecule has 13 rings (SSSR count). The largest absolute Gasteiger partial charge is 0.376 e. The summed E-state index contributed by atoms with van der Waals surface area (Å²) in [5, 5.41) is 0. The first-order valence-corrected chi connectivity index (χ1v) is 26.7. The Morgan fingerprint density at radius 1 is 0.427 bits per heavy atom. The monoisotopic (exact) mass is 968 g/mol. The standard InChI is InChI=1S/C71H62BN3/c1-47-22-20-23-48(2)66(47)49-44-59-58-43-42-57(73(54-38-34-50(35-39-54)69(3,4)5)55-40-36-51(37-41-55)70(6,7)8)46-64(58)75(56-28-16-11-17-29-56)72-62-32-21-31-61-68(62)74(65(45-49)67(59)72)63-33-19-18-30-60(63)71(61,52-24-12-9-13-25-52)53-26-14-10-15-27-53/h9-46H,1-8H3. The Hall–Kier alpha value is -8.34. The second-order valence-corrected chi connectivity index (χ2v) is 23.0. The Morgan fingerprint density at radius 3 is 1.53 bits per heavy atom. The molecule has 3 heterocycles. The number of aryl methyl sites for hydroxylation is 2. The first-order chi connectivity index (χ1) is 36.3. The second-order valence-electron chi connectivity index (χ2n) is 23.0. The van der Waals surface area contributed by atoms with Crippen LogP contribution in [0.5, 0.6) is 0 Å². The molecule has 0 saturated heterocycles. The predicted molar refractivity (Wildman–Crippen MR) is 319 cm³/mol. The van der Waals surface area contributed by atoms with Gasteiger partial charge in [-0.25, -0.2) is 0 Å². The number of hydrogen-bond donors (Lipinski definition) is 0. The lowest BCUT2D eigenvalue weighted by atomic mass is 9.42. The number of nitrogens with zero attached hydrogens (tertiary/aromatic N) is 3. The van der Waals surface area contributed by atoms with E-state index in [4.69, 9.17) is 0 Å². The molecule has 0 saturated carbocycles. The minimum Gasteiger partial charge on any atom is -0.376 e. The molecule has 0 fully saturated rings. The summed E-state index contributed by atoms with van der Waals surface area (Å²) in [6, 6.07) is 87.4. The molecule has 3 aliphatic heterocycles. The van der Waals surface area contributed by atoms with Crippen molar-refractivity contribution in [3.63, 3.8) is 0 Å². The molecule has 3 nitrogen and oxygen atoms in total. The van der Waals surface area contributed by atoms with Gasteiger partial charge in [0.2, 0.25) is 0 Å². The Bertz CT molecular complexity index is 3690. The van der Waals surface area contributed by atoms with Crippen LogP contribution in [0.4, 0.5) is 45.5 Å². The summed E-state index contributed by atoms with van der Waals surface area (Å²) in [5.74, 6) is 0. The number of anilines is 8. The lowest BCUT2D eigenvalue weighted by Gasteiger charge is -2.52. The van der Waals surface area contributed by atoms with E-state index in [1.165, 1.54) is 100 Å². The molecule has 0 N–H and O–H groups in total. The molecule has 0 atom stereocenters. The summed E-state index contributed by atoms with van der Waals surface area (Å²) in [6.45, 7) is 18.1. The van der Waals surface area contributed by atoms with Crippen LogP contribution in [0, 0.1) is 13.8 Å². The van der Waals surface area contributed by atoms with E-state index in [1.54, 1.807) is 0 Å². The van der Waals surface area contributed by atoms with Gasteiger partial charge in [-0.2, -0.15) is 0 Å². The van der Waals surface area contributed by atoms with Gasteiger partial charge in [-0.05, 0) is 164 Å². The minimum atomic E-state index is -0.617. The van der Waals surface area contributed by atoms with Crippen LogP contribution >= 0.6 is 0 Å². The lowest BCUT2D eigenvalue weighted by molar-refractivity contribution is 0.590. The molecule has 4 heteroatoms. The number of rotatable bonds is 7. The van der Waals surface area contributed by atoms with Crippen molar-refractivity contribution in [3.05, 3.63) is 275 Å². The summed E-state index contributed by atoms with van der Waals surface area (Å²) in [6.07, 6.45) is 0. The van der Waals surface area contributed by atoms with E-state index in [0.29, 0.717) is 0 Å². The minimum absolute atomic E-state index is 0.0256. The topological polar surface area (TPSA) is 9.72 Å². The van der Waals surface area contributed by atoms with E-state index in [1.807, 2.05) is 0 Å². The van der Waals surface area contributed by atoms with Crippen LogP contribution < -0.4 is 25.5 Å². The van der Waals surface area contributed by atoms with Gasteiger partial charge in [-0.3, -0.25) is 0 Å². The molecule has 0 bridgehead atoms. The van der Waals surface area contributed by atoms with Gasteiger partial charge >= 0.3 is 6.85 Å². The molecule has 0 unspecified atom stereocenters. The molecule has 10 aromatic carbocycles. The van der Waals surface area contributed by atoms with E-state index in [9.17, 15) is 0 Å². The average Bonchev–Trinajstić information content (AvgIpc) is 3.47. The van der Waals surface area contributed by atoms with Crippen LogP contribution in [-0.2, 0) is 16.2 Å². The summed E-state index contributed by atoms with van der Waals surface area (Å²) < 4.78 is 0. The first kappa shape index (κ1) is 46.5. The fourth-order valence-corrected chi connectivity index (χ4v) is 12.9. The average molecular weight is 968 g/mol. The Morgan fingerprint density at radius 2 is 0.947 bits per heavy atom. The molecule has 364 valence electrons. The van der Waals surface area contributed by atoms with E-state index >= 15 is 0 Å². The Balaban J connectivity index is 1.14. The van der Waals surface area contributed by atoms with E-state index in [-0.39, 0.29) is 17.7 Å². The van der Waals surface area contributed by atoms with Crippen LogP contribution in [0.1, 0.15) is 86.1 Å². The van der Waals surface area contributed by atoms with E-state index in [0.717, 1.165) is 22.7 Å². The highest BCUT2D eigenvalue weighted by Gasteiger charge is 2.53. The molecule has 10 aromatic rings. The third-order valence-electron chi connectivity index (χ3n) is 16.5. The molecular weight excluding hydrogens is 906 g/mol. The molecule has 3 aliphatic rings. The van der Waals surface area contributed by atoms with Crippen molar-refractivity contribution in [1.29, 1.82) is 0 Å². The highest BCUT2D eigenvalue weighted by molar-refractivity contribution is 6.93. The lowest BCUT2D eigenvalue weighted by Crippen LogP contribution is -2.62. The maximum Gasteiger partial charge on any atom is 0.333 e. The van der Waals surface area contributed by atoms with Crippen molar-refractivity contribution < 1.29 is 0 Å². The second kappa shape index (κ2) is 17.4. The third kappa shape index (κ3) is 7.25. The van der Waals surface area contributed by atoms with Crippen molar-refractivity contribution >= 4 is 63.3 Å². The predicted octanol–water partition coefficient (Wildman–Crippen LogP) is 17.4. The third-order valence-corrected chi connectivity index (χ3v) is 16.5. The van der Waals surface area contributed by atoms with Crippen molar-refractivity contribution in [3.8, 4) is 22.3 Å². The quantitative estimate of drug-likeness (QED) is 0.147. The van der Waals surface area contributed by atoms with Gasteiger partial charge in [0.15, 0.2) is 0 Å². The summed E-state index contributed by atoms with van der Waals surface area (Å²) in [4.78, 5) is 7.75. The summed E-state index contributed by atoms with van der Waals surface area (Å²) >= 11 is 0. The van der Waals surface area contributed by atoms with E-state index in [2.05, 4.69) is 301 Å². The van der Waals surface area contributed by atoms with Gasteiger partial charge in [0.1, 0.15) is 0 Å². The summed E-state index contributed by atoms with van der Waals surface area (Å²) in [7, 11) is 0. The van der Waals surface area contributed by atoms with Gasteiger partial charge in [0, 0.05) is 45.4 Å². The van der Waals surface area contributed by atoms with Crippen molar-refractivity contribution in [2.24, 2.45) is 0 Å². The summed E-state index contributed by atoms with van der Waals surface area (Å²) in [5.41, 5.74) is 26.5. The molecule has 0 aromatic heterocycles. The van der Waals surface area contributed by atoms with Gasteiger partial charge in [0.05, 0.1) is 11.1 Å². The Labute approximate surface area is 444 Å². The van der Waals surface area contributed by atoms with Gasteiger partial charge in [-0.15, -0.1) is 0 Å². The van der Waals surface area contributed by atoms with Crippen molar-refractivity contribution in [2.75, 3.05) is 14.6 Å². The number of para-hydroxylation sites is 3. The van der Waals surface area contributed by atoms with Gasteiger partial charge in [0.25, 0.3) is 0 Å². The molecule has 0 aliphatic carbocycles. The number of fused-ring (bicyclic) bond motifs is 6. The van der Waals surface area contributed by atoms with Crippen molar-refractivity contribution in [1.82, 2.24) is 0 Å². The molecular formula is C71H62BN3. The Kier molecular flexibility index (Phi) is 10.8. The maximum absolute atomic E-state index is 2.66.